The summed E-state index contributed by atoms with van der Waals surface area (Å²) in [6.45, 7) is 5.08. The molecule has 1 saturated carbocycles. The van der Waals surface area contributed by atoms with Crippen molar-refractivity contribution in [1.82, 2.24) is 0 Å². The molecule has 0 saturated heterocycles. The van der Waals surface area contributed by atoms with Crippen LogP contribution >= 0.6 is 0 Å². The first-order valence-corrected chi connectivity index (χ1v) is 5.21. The Hall–Kier alpha value is -0.550. The van der Waals surface area contributed by atoms with Crippen LogP contribution in [0.5, 0.6) is 0 Å². The SMILES string of the molecule is CCCC(C)OCC1(CC#N)CC1. The van der Waals surface area contributed by atoms with Crippen LogP contribution < -0.4 is 0 Å². The molecule has 0 radical (unpaired) electrons. The Kier molecular flexibility index (Phi) is 3.74. The molecule has 0 amide bonds. The topological polar surface area (TPSA) is 33.0 Å². The number of hydrogen-bond donors (Lipinski definition) is 0. The smallest absolute Gasteiger partial charge is 0.0628 e. The molecule has 13 heavy (non-hydrogen) atoms. The van der Waals surface area contributed by atoms with Crippen LogP contribution in [-0.4, -0.2) is 12.7 Å². The number of nitrogens with zero attached hydrogens (tertiary/aromatic N) is 1. The van der Waals surface area contributed by atoms with Crippen molar-refractivity contribution in [2.75, 3.05) is 6.61 Å². The quantitative estimate of drug-likeness (QED) is 0.631. The van der Waals surface area contributed by atoms with Gasteiger partial charge in [0.25, 0.3) is 0 Å². The van der Waals surface area contributed by atoms with Crippen molar-refractivity contribution >= 4 is 0 Å². The normalized spacial score (nSPS) is 20.7. The minimum Gasteiger partial charge on any atom is -0.378 e. The summed E-state index contributed by atoms with van der Waals surface area (Å²) in [6, 6.07) is 2.25. The first-order valence-electron chi connectivity index (χ1n) is 5.21. The molecule has 1 aliphatic carbocycles. The van der Waals surface area contributed by atoms with E-state index in [-0.39, 0.29) is 5.41 Å². The maximum atomic E-state index is 8.60. The summed E-state index contributed by atoms with van der Waals surface area (Å²) < 4.78 is 5.71. The van der Waals surface area contributed by atoms with Gasteiger partial charge in [-0.15, -0.1) is 0 Å². The minimum atomic E-state index is 0.247. The van der Waals surface area contributed by atoms with E-state index in [4.69, 9.17) is 10.00 Å². The van der Waals surface area contributed by atoms with Gasteiger partial charge in [0.15, 0.2) is 0 Å². The van der Waals surface area contributed by atoms with Gasteiger partial charge < -0.3 is 4.74 Å². The van der Waals surface area contributed by atoms with Gasteiger partial charge in [-0.2, -0.15) is 5.26 Å². The molecule has 74 valence electrons. The highest BCUT2D eigenvalue weighted by Crippen LogP contribution is 2.48. The zero-order valence-electron chi connectivity index (χ0n) is 8.68. The molecular formula is C11H19NO. The molecule has 0 aromatic heterocycles. The van der Waals surface area contributed by atoms with Gasteiger partial charge in [-0.1, -0.05) is 13.3 Å². The summed E-state index contributed by atoms with van der Waals surface area (Å²) in [7, 11) is 0. The molecule has 0 aliphatic heterocycles. The first-order chi connectivity index (χ1) is 6.22. The van der Waals surface area contributed by atoms with Crippen LogP contribution in [0.3, 0.4) is 0 Å². The third-order valence-corrected chi connectivity index (χ3v) is 2.78. The fraction of sp³-hybridized carbons (Fsp3) is 0.909. The average molecular weight is 181 g/mol. The number of hydrogen-bond acceptors (Lipinski definition) is 2. The van der Waals surface area contributed by atoms with E-state index in [2.05, 4.69) is 19.9 Å². The van der Waals surface area contributed by atoms with Crippen molar-refractivity contribution < 1.29 is 4.74 Å². The summed E-state index contributed by atoms with van der Waals surface area (Å²) in [5.41, 5.74) is 0.247. The molecule has 0 aromatic rings. The number of nitriles is 1. The van der Waals surface area contributed by atoms with E-state index < -0.39 is 0 Å². The lowest BCUT2D eigenvalue weighted by Crippen LogP contribution is -2.16. The summed E-state index contributed by atoms with van der Waals surface area (Å²) in [5.74, 6) is 0. The summed E-state index contributed by atoms with van der Waals surface area (Å²) in [5, 5.41) is 8.60. The minimum absolute atomic E-state index is 0.247. The molecule has 2 heteroatoms. The van der Waals surface area contributed by atoms with Crippen molar-refractivity contribution in [2.45, 2.75) is 52.1 Å². The molecule has 1 unspecified atom stereocenters. The van der Waals surface area contributed by atoms with E-state index >= 15 is 0 Å². The largest absolute Gasteiger partial charge is 0.378 e. The van der Waals surface area contributed by atoms with Crippen molar-refractivity contribution in [3.8, 4) is 6.07 Å². The first kappa shape index (κ1) is 10.5. The number of ether oxygens (including phenoxy) is 1. The van der Waals surface area contributed by atoms with Crippen LogP contribution in [0.2, 0.25) is 0 Å². The van der Waals surface area contributed by atoms with E-state index in [1.54, 1.807) is 0 Å². The molecule has 0 heterocycles. The van der Waals surface area contributed by atoms with Crippen LogP contribution in [-0.2, 0) is 4.74 Å². The number of rotatable bonds is 6. The van der Waals surface area contributed by atoms with Crippen molar-refractivity contribution in [2.24, 2.45) is 5.41 Å². The molecule has 2 nitrogen and oxygen atoms in total. The summed E-state index contributed by atoms with van der Waals surface area (Å²) in [6.07, 6.45) is 5.70. The van der Waals surface area contributed by atoms with Gasteiger partial charge in [0.2, 0.25) is 0 Å². The lowest BCUT2D eigenvalue weighted by atomic mass is 10.1. The highest BCUT2D eigenvalue weighted by Gasteiger charge is 2.42. The molecule has 0 spiro atoms. The Morgan fingerprint density at radius 1 is 1.54 bits per heavy atom. The van der Waals surface area contributed by atoms with Gasteiger partial charge in [-0.3, -0.25) is 0 Å². The molecule has 0 bridgehead atoms. The third kappa shape index (κ3) is 3.36. The highest BCUT2D eigenvalue weighted by molar-refractivity contribution is 4.99. The van der Waals surface area contributed by atoms with Crippen molar-refractivity contribution in [3.05, 3.63) is 0 Å². The zero-order valence-corrected chi connectivity index (χ0v) is 8.68. The second-order valence-electron chi connectivity index (χ2n) is 4.25. The van der Waals surface area contributed by atoms with Crippen LogP contribution in [0.25, 0.3) is 0 Å². The van der Waals surface area contributed by atoms with Gasteiger partial charge in [0, 0.05) is 11.8 Å². The lowest BCUT2D eigenvalue weighted by molar-refractivity contribution is 0.0289. The maximum Gasteiger partial charge on any atom is 0.0628 e. The van der Waals surface area contributed by atoms with E-state index in [0.717, 1.165) is 13.0 Å². The molecule has 1 rings (SSSR count). The third-order valence-electron chi connectivity index (χ3n) is 2.78. The van der Waals surface area contributed by atoms with Crippen LogP contribution in [0.1, 0.15) is 46.0 Å². The molecule has 0 aromatic carbocycles. The van der Waals surface area contributed by atoms with E-state index in [1.165, 1.54) is 19.3 Å². The Morgan fingerprint density at radius 2 is 2.23 bits per heavy atom. The molecule has 1 aliphatic rings. The molecule has 0 N–H and O–H groups in total. The van der Waals surface area contributed by atoms with E-state index in [9.17, 15) is 0 Å². The second kappa shape index (κ2) is 4.62. The molecular weight excluding hydrogens is 162 g/mol. The summed E-state index contributed by atoms with van der Waals surface area (Å²) in [4.78, 5) is 0. The van der Waals surface area contributed by atoms with E-state index in [1.807, 2.05) is 0 Å². The Balaban J connectivity index is 2.15. The van der Waals surface area contributed by atoms with Gasteiger partial charge in [-0.25, -0.2) is 0 Å². The predicted octanol–water partition coefficient (Wildman–Crippen LogP) is 2.89. The van der Waals surface area contributed by atoms with Gasteiger partial charge in [0.05, 0.1) is 18.8 Å². The zero-order chi connectivity index (χ0) is 9.73. The van der Waals surface area contributed by atoms with Crippen molar-refractivity contribution in [1.29, 1.82) is 5.26 Å². The van der Waals surface area contributed by atoms with Gasteiger partial charge >= 0.3 is 0 Å². The Labute approximate surface area is 80.9 Å². The van der Waals surface area contributed by atoms with Gasteiger partial charge in [-0.05, 0) is 26.2 Å². The Bertz CT molecular complexity index is 191. The molecule has 1 fully saturated rings. The second-order valence-corrected chi connectivity index (χ2v) is 4.25. The van der Waals surface area contributed by atoms with Crippen LogP contribution in [0.4, 0.5) is 0 Å². The van der Waals surface area contributed by atoms with Crippen LogP contribution in [0, 0.1) is 16.7 Å². The van der Waals surface area contributed by atoms with Crippen LogP contribution in [0.15, 0.2) is 0 Å². The predicted molar refractivity (Wildman–Crippen MR) is 52.2 cm³/mol. The molecule has 1 atom stereocenters. The lowest BCUT2D eigenvalue weighted by Gasteiger charge is -2.16. The Morgan fingerprint density at radius 3 is 2.69 bits per heavy atom. The van der Waals surface area contributed by atoms with Crippen molar-refractivity contribution in [3.63, 3.8) is 0 Å². The summed E-state index contributed by atoms with van der Waals surface area (Å²) >= 11 is 0. The maximum absolute atomic E-state index is 8.60. The standard InChI is InChI=1S/C11H19NO/c1-3-4-10(2)13-9-11(5-6-11)7-8-12/h10H,3-7,9H2,1-2H3. The fourth-order valence-corrected chi connectivity index (χ4v) is 1.53. The highest BCUT2D eigenvalue weighted by atomic mass is 16.5. The van der Waals surface area contributed by atoms with Gasteiger partial charge in [0.1, 0.15) is 0 Å². The monoisotopic (exact) mass is 181 g/mol. The fourth-order valence-electron chi connectivity index (χ4n) is 1.53. The van der Waals surface area contributed by atoms with E-state index in [0.29, 0.717) is 12.5 Å². The average Bonchev–Trinajstić information content (AvgIpc) is 2.84.